The van der Waals surface area contributed by atoms with E-state index >= 15 is 0 Å². The number of carbonyl (C=O) groups excluding carboxylic acids is 2. The van der Waals surface area contributed by atoms with Crippen molar-refractivity contribution in [2.24, 2.45) is 0 Å². The van der Waals surface area contributed by atoms with E-state index in [0.29, 0.717) is 17.1 Å². The fourth-order valence-electron chi connectivity index (χ4n) is 3.66. The van der Waals surface area contributed by atoms with E-state index in [-0.39, 0.29) is 11.8 Å². The maximum Gasteiger partial charge on any atom is 0.304 e. The predicted molar refractivity (Wildman–Crippen MR) is 128 cm³/mol. The number of nitrogens with one attached hydrogen (secondary N) is 2. The third kappa shape index (κ3) is 5.06. The number of benzene rings is 3. The van der Waals surface area contributed by atoms with E-state index in [1.54, 1.807) is 43.2 Å². The second-order valence-electron chi connectivity index (χ2n) is 7.46. The molecule has 8 heteroatoms. The first-order valence-corrected chi connectivity index (χ1v) is 11.1. The monoisotopic (exact) mass is 508 g/mol. The van der Waals surface area contributed by atoms with E-state index in [1.807, 2.05) is 54.7 Å². The predicted octanol–water partition coefficient (Wildman–Crippen LogP) is 3.48. The van der Waals surface area contributed by atoms with Gasteiger partial charge in [0.25, 0.3) is 5.91 Å². The van der Waals surface area contributed by atoms with E-state index in [0.717, 1.165) is 15.6 Å². The summed E-state index contributed by atoms with van der Waals surface area (Å²) in [6.45, 7) is 0. The van der Waals surface area contributed by atoms with Crippen LogP contribution in [0.15, 0.2) is 77.3 Å². The van der Waals surface area contributed by atoms with Crippen LogP contribution in [0, 0.1) is 0 Å². The van der Waals surface area contributed by atoms with Crippen molar-refractivity contribution in [3.63, 3.8) is 0 Å². The number of halogens is 1. The zero-order valence-electron chi connectivity index (χ0n) is 18.1. The summed E-state index contributed by atoms with van der Waals surface area (Å²) in [4.78, 5) is 25.9. The van der Waals surface area contributed by atoms with Gasteiger partial charge in [-0.05, 0) is 72.8 Å². The zero-order chi connectivity index (χ0) is 23.4. The van der Waals surface area contributed by atoms with Crippen molar-refractivity contribution in [1.82, 2.24) is 10.7 Å². The summed E-state index contributed by atoms with van der Waals surface area (Å²) in [5, 5.41) is 2.89. The molecule has 0 spiro atoms. The van der Waals surface area contributed by atoms with Gasteiger partial charge in [-0.1, -0.05) is 15.9 Å². The molecule has 3 aromatic carbocycles. The van der Waals surface area contributed by atoms with Crippen molar-refractivity contribution in [1.29, 1.82) is 0 Å². The van der Waals surface area contributed by atoms with E-state index < -0.39 is 12.1 Å². The van der Waals surface area contributed by atoms with Gasteiger partial charge in [-0.15, -0.1) is 10.1 Å². The first-order valence-electron chi connectivity index (χ1n) is 10.3. The molecule has 3 aromatic rings. The first-order chi connectivity index (χ1) is 16.0. The summed E-state index contributed by atoms with van der Waals surface area (Å²) in [6, 6.07) is 20.6. The SMILES string of the molecule is COc1ccc(C(=O)N[C@H]2C(=O)N/[N+](=C\c3ccc(Br)cc3)[C@H]2c2ccc(OC)cc2)cc1. The molecule has 4 rings (SSSR count). The molecule has 0 unspecified atom stereocenters. The van der Waals surface area contributed by atoms with E-state index in [4.69, 9.17) is 9.47 Å². The highest BCUT2D eigenvalue weighted by molar-refractivity contribution is 9.10. The van der Waals surface area contributed by atoms with Crippen LogP contribution in [-0.2, 0) is 4.79 Å². The number of nitrogens with zero attached hydrogens (tertiary/aromatic N) is 1. The average molecular weight is 509 g/mol. The summed E-state index contributed by atoms with van der Waals surface area (Å²) in [5.41, 5.74) is 5.07. The zero-order valence-corrected chi connectivity index (χ0v) is 19.7. The Kier molecular flexibility index (Phi) is 6.74. The Morgan fingerprint density at radius 3 is 2.09 bits per heavy atom. The average Bonchev–Trinajstić information content (AvgIpc) is 3.14. The molecule has 0 bridgehead atoms. The van der Waals surface area contributed by atoms with Crippen LogP contribution in [0.25, 0.3) is 0 Å². The number of hydrazine groups is 1. The van der Waals surface area contributed by atoms with Crippen molar-refractivity contribution in [2.45, 2.75) is 12.1 Å². The molecule has 1 saturated heterocycles. The standard InChI is InChI=1S/C25H22BrN3O4/c1-32-20-11-5-17(6-12-20)23-22(27-24(30)18-7-13-21(33-2)14-8-18)25(31)28-29(23)15-16-3-9-19(26)10-4-16/h3-15,22-23H,1-2H3,(H-,27,28,30,31)/p+1/b29-15-/t22-,23+/m1/s1. The Bertz CT molecular complexity index is 1180. The van der Waals surface area contributed by atoms with Crippen LogP contribution in [0.4, 0.5) is 0 Å². The minimum absolute atomic E-state index is 0.300. The maximum absolute atomic E-state index is 13.0. The summed E-state index contributed by atoms with van der Waals surface area (Å²) in [6.07, 6.45) is 1.85. The Morgan fingerprint density at radius 2 is 1.52 bits per heavy atom. The second-order valence-corrected chi connectivity index (χ2v) is 8.38. The Hall–Kier alpha value is -3.65. The van der Waals surface area contributed by atoms with Gasteiger partial charge < -0.3 is 14.8 Å². The smallest absolute Gasteiger partial charge is 0.304 e. The normalized spacial score (nSPS) is 18.6. The molecule has 1 fully saturated rings. The van der Waals surface area contributed by atoms with Crippen molar-refractivity contribution in [3.05, 3.63) is 94.0 Å². The molecule has 2 atom stereocenters. The van der Waals surface area contributed by atoms with Crippen LogP contribution in [-0.4, -0.2) is 43.0 Å². The van der Waals surface area contributed by atoms with Crippen LogP contribution in [0.1, 0.15) is 27.5 Å². The number of hydrogen-bond acceptors (Lipinski definition) is 4. The first kappa shape index (κ1) is 22.5. The molecule has 1 aliphatic heterocycles. The van der Waals surface area contributed by atoms with Gasteiger partial charge in [0.2, 0.25) is 12.3 Å². The summed E-state index contributed by atoms with van der Waals surface area (Å²) >= 11 is 3.43. The van der Waals surface area contributed by atoms with Crippen molar-refractivity contribution >= 4 is 34.0 Å². The maximum atomic E-state index is 13.0. The number of amides is 2. The molecule has 0 aliphatic carbocycles. The lowest BCUT2D eigenvalue weighted by Crippen LogP contribution is -2.42. The molecule has 0 saturated carbocycles. The van der Waals surface area contributed by atoms with Crippen LogP contribution >= 0.6 is 15.9 Å². The van der Waals surface area contributed by atoms with Gasteiger partial charge in [0.15, 0.2) is 6.04 Å². The number of carbonyl (C=O) groups is 2. The molecular formula is C25H23BrN3O4+. The number of methoxy groups -OCH3 is 2. The summed E-state index contributed by atoms with van der Waals surface area (Å²) < 4.78 is 13.1. The van der Waals surface area contributed by atoms with Gasteiger partial charge in [-0.2, -0.15) is 0 Å². The van der Waals surface area contributed by atoms with Crippen LogP contribution < -0.4 is 20.2 Å². The molecule has 1 heterocycles. The Balaban J connectivity index is 1.67. The molecule has 2 N–H and O–H groups in total. The summed E-state index contributed by atoms with van der Waals surface area (Å²) in [5.74, 6) is 0.711. The van der Waals surface area contributed by atoms with Gasteiger partial charge in [0.05, 0.1) is 14.2 Å². The molecule has 2 amide bonds. The van der Waals surface area contributed by atoms with Crippen LogP contribution in [0.2, 0.25) is 0 Å². The molecule has 0 radical (unpaired) electrons. The highest BCUT2D eigenvalue weighted by Crippen LogP contribution is 2.27. The lowest BCUT2D eigenvalue weighted by molar-refractivity contribution is -0.596. The molecule has 168 valence electrons. The number of hydrazone groups is 1. The molecular weight excluding hydrogens is 486 g/mol. The molecule has 33 heavy (non-hydrogen) atoms. The number of ether oxygens (including phenoxy) is 2. The molecule has 7 nitrogen and oxygen atoms in total. The minimum Gasteiger partial charge on any atom is -0.497 e. The quantitative estimate of drug-likeness (QED) is 0.499. The third-order valence-electron chi connectivity index (χ3n) is 5.39. The Morgan fingerprint density at radius 1 is 0.939 bits per heavy atom. The van der Waals surface area contributed by atoms with E-state index in [1.165, 1.54) is 0 Å². The van der Waals surface area contributed by atoms with Crippen LogP contribution in [0.3, 0.4) is 0 Å². The van der Waals surface area contributed by atoms with Gasteiger partial charge in [-0.3, -0.25) is 9.59 Å². The van der Waals surface area contributed by atoms with E-state index in [2.05, 4.69) is 26.7 Å². The van der Waals surface area contributed by atoms with Crippen molar-refractivity contribution in [2.75, 3.05) is 14.2 Å². The fraction of sp³-hybridized carbons (Fsp3) is 0.160. The topological polar surface area (TPSA) is 79.7 Å². The molecule has 1 aliphatic rings. The van der Waals surface area contributed by atoms with Gasteiger partial charge in [0, 0.05) is 21.2 Å². The largest absolute Gasteiger partial charge is 0.497 e. The number of rotatable bonds is 6. The van der Waals surface area contributed by atoms with Gasteiger partial charge >= 0.3 is 5.91 Å². The second kappa shape index (κ2) is 9.87. The van der Waals surface area contributed by atoms with E-state index in [9.17, 15) is 9.59 Å². The van der Waals surface area contributed by atoms with Gasteiger partial charge in [-0.25, -0.2) is 0 Å². The lowest BCUT2D eigenvalue weighted by Gasteiger charge is -2.15. The minimum atomic E-state index is -0.806. The highest BCUT2D eigenvalue weighted by Gasteiger charge is 2.47. The lowest BCUT2D eigenvalue weighted by atomic mass is 9.99. The fourth-order valence-corrected chi connectivity index (χ4v) is 3.92. The van der Waals surface area contributed by atoms with Crippen LogP contribution in [0.5, 0.6) is 11.5 Å². The Labute approximate surface area is 200 Å². The van der Waals surface area contributed by atoms with Crippen molar-refractivity contribution < 1.29 is 23.7 Å². The summed E-state index contributed by atoms with van der Waals surface area (Å²) in [7, 11) is 3.16. The number of hydrogen-bond donors (Lipinski definition) is 2. The highest BCUT2D eigenvalue weighted by atomic mass is 79.9. The van der Waals surface area contributed by atoms with Gasteiger partial charge in [0.1, 0.15) is 11.5 Å². The van der Waals surface area contributed by atoms with Crippen molar-refractivity contribution in [3.8, 4) is 11.5 Å². The third-order valence-corrected chi connectivity index (χ3v) is 5.92. The molecule has 0 aromatic heterocycles.